The van der Waals surface area contributed by atoms with Crippen molar-refractivity contribution in [1.82, 2.24) is 24.3 Å². The smallest absolute Gasteiger partial charge is 0.250 e. The summed E-state index contributed by atoms with van der Waals surface area (Å²) >= 11 is 0. The summed E-state index contributed by atoms with van der Waals surface area (Å²) in [4.78, 5) is 30.7. The molecule has 0 amide bonds. The molecule has 9 rings (SSSR count). The molecular formula is C63H74N6O9Si. The second-order valence-corrected chi connectivity index (χ2v) is 24.6. The number of carbonyl (C=O) groups excluding carboxylic acids is 1. The van der Waals surface area contributed by atoms with E-state index < -0.39 is 14.6 Å². The lowest BCUT2D eigenvalue weighted by Crippen LogP contribution is -2.43. The van der Waals surface area contributed by atoms with Gasteiger partial charge in [0, 0.05) is 56.2 Å². The number of nitrogen functional groups attached to an aromatic ring is 1. The van der Waals surface area contributed by atoms with Crippen molar-refractivity contribution >= 4 is 25.6 Å². The van der Waals surface area contributed by atoms with E-state index in [1.807, 2.05) is 123 Å². The molecule has 6 aromatic carbocycles. The lowest BCUT2D eigenvalue weighted by atomic mass is 10.1. The maximum Gasteiger partial charge on any atom is 0.250 e. The van der Waals surface area contributed by atoms with E-state index in [4.69, 9.17) is 29.6 Å². The van der Waals surface area contributed by atoms with Crippen LogP contribution in [0.2, 0.25) is 18.1 Å². The molecule has 0 aliphatic rings. The summed E-state index contributed by atoms with van der Waals surface area (Å²) in [7, 11) is -1.84. The molecule has 9 aromatic rings. The molecule has 0 fully saturated rings. The van der Waals surface area contributed by atoms with Gasteiger partial charge in [0.25, 0.3) is 0 Å². The third kappa shape index (κ3) is 17.0. The molecule has 0 spiro atoms. The van der Waals surface area contributed by atoms with Crippen molar-refractivity contribution in [2.75, 3.05) is 18.9 Å². The van der Waals surface area contributed by atoms with Crippen molar-refractivity contribution < 1.29 is 44.6 Å². The fourth-order valence-corrected chi connectivity index (χ4v) is 8.85. The molecule has 0 atom stereocenters. The quantitative estimate of drug-likeness (QED) is 0.0422. The number of carbonyl (C=O) groups is 1. The van der Waals surface area contributed by atoms with E-state index in [1.54, 1.807) is 65.3 Å². The monoisotopic (exact) mass is 1090 g/mol. The van der Waals surface area contributed by atoms with Crippen molar-refractivity contribution in [2.45, 2.75) is 92.2 Å². The average Bonchev–Trinajstić information content (AvgIpc) is 3.79. The Morgan fingerprint density at radius 3 is 1.54 bits per heavy atom. The summed E-state index contributed by atoms with van der Waals surface area (Å²) in [5.41, 5.74) is 15.8. The van der Waals surface area contributed by atoms with Crippen LogP contribution in [0.25, 0.3) is 28.2 Å². The molecule has 79 heavy (non-hydrogen) atoms. The van der Waals surface area contributed by atoms with Crippen LogP contribution in [0.1, 0.15) is 81.4 Å². The predicted molar refractivity (Wildman–Crippen MR) is 315 cm³/mol. The Labute approximate surface area is 464 Å². The van der Waals surface area contributed by atoms with E-state index in [2.05, 4.69) is 43.8 Å². The van der Waals surface area contributed by atoms with Crippen LogP contribution in [0.3, 0.4) is 0 Å². The predicted octanol–water partition coefficient (Wildman–Crippen LogP) is 12.1. The molecular weight excluding hydrogens is 1010 g/mol. The number of phenols is 3. The first kappa shape index (κ1) is 61.4. The van der Waals surface area contributed by atoms with Gasteiger partial charge in [-0.25, -0.2) is 19.9 Å². The fraction of sp³-hybridized carbons (Fsp3) is 0.254. The second kappa shape index (κ2) is 28.3. The zero-order chi connectivity index (χ0) is 55.1. The largest absolute Gasteiger partial charge is 0.544 e. The third-order valence-electron chi connectivity index (χ3n) is 13.0. The second-order valence-electron chi connectivity index (χ2n) is 19.9. The minimum Gasteiger partial charge on any atom is -0.544 e. The van der Waals surface area contributed by atoms with Gasteiger partial charge in [-0.15, -0.1) is 0 Å². The van der Waals surface area contributed by atoms with Crippen molar-refractivity contribution in [3.8, 4) is 51.4 Å². The number of hydrogen-bond donors (Lipinski definition) is 5. The number of Topliss-reactive ketones (excluding diaryl/α,β-unsaturated/α-hetero) is 1. The molecule has 15 nitrogen and oxygen atoms in total. The third-order valence-corrected chi connectivity index (χ3v) is 17.4. The van der Waals surface area contributed by atoms with E-state index >= 15 is 0 Å². The number of nitrogens with zero attached hydrogens (tertiary/aromatic N) is 5. The van der Waals surface area contributed by atoms with Gasteiger partial charge in [0.1, 0.15) is 34.5 Å². The molecule has 0 unspecified atom stereocenters. The number of ketones is 1. The van der Waals surface area contributed by atoms with Gasteiger partial charge >= 0.3 is 0 Å². The molecule has 3 heterocycles. The molecule has 0 saturated carbocycles. The number of fused-ring (bicyclic) bond motifs is 1. The Hall–Kier alpha value is -8.41. The van der Waals surface area contributed by atoms with Gasteiger partial charge in [-0.05, 0) is 127 Å². The normalized spacial score (nSPS) is 11.1. The Morgan fingerprint density at radius 2 is 1.04 bits per heavy atom. The van der Waals surface area contributed by atoms with Crippen LogP contribution in [0, 0.1) is 0 Å². The maximum absolute atomic E-state index is 12.3. The lowest BCUT2D eigenvalue weighted by molar-refractivity contribution is -0.167. The number of aromatic nitrogens is 5. The van der Waals surface area contributed by atoms with Gasteiger partial charge in [0.15, 0.2) is 11.4 Å². The summed E-state index contributed by atoms with van der Waals surface area (Å²) in [6.07, 6.45) is 4.56. The SMILES string of the molecule is C.CCOC(OCC)C(=O)Cc1ccc(O[Si](C)(C)C(C)(C)C)cc1.Nc1ncc(-c2ccc(O)cc2)nc1Cc1ccccc1.O.Oc1ccc(Cc2nc3c(Cc4ccccc4)nc(-c4ccc(O)cc4)cn3c2O)cc1. The first-order chi connectivity index (χ1) is 36.9. The zero-order valence-electron chi connectivity index (χ0n) is 45.2. The number of imidazole rings is 1. The van der Waals surface area contributed by atoms with Gasteiger partial charge in [-0.3, -0.25) is 9.20 Å². The minimum absolute atomic E-state index is 0. The topological polar surface area (TPSA) is 239 Å². The van der Waals surface area contributed by atoms with E-state index in [1.165, 1.54) is 0 Å². The van der Waals surface area contributed by atoms with Crippen LogP contribution < -0.4 is 10.2 Å². The number of hydrogen-bond acceptors (Lipinski definition) is 13. The first-order valence-electron chi connectivity index (χ1n) is 25.6. The fourth-order valence-electron chi connectivity index (χ4n) is 7.82. The van der Waals surface area contributed by atoms with Gasteiger partial charge in [0.05, 0.1) is 29.0 Å². The number of phenolic OH excluding ortho intramolecular Hbond substituents is 3. The highest BCUT2D eigenvalue weighted by atomic mass is 28.4. The highest BCUT2D eigenvalue weighted by molar-refractivity contribution is 6.74. The molecule has 414 valence electrons. The van der Waals surface area contributed by atoms with Crippen molar-refractivity contribution in [1.29, 1.82) is 0 Å². The summed E-state index contributed by atoms with van der Waals surface area (Å²) in [6, 6.07) is 48.3. The van der Waals surface area contributed by atoms with Crippen molar-refractivity contribution in [2.24, 2.45) is 0 Å². The number of rotatable bonds is 17. The molecule has 0 bridgehead atoms. The summed E-state index contributed by atoms with van der Waals surface area (Å²) < 4.78 is 18.6. The Bertz CT molecular complexity index is 3310. The van der Waals surface area contributed by atoms with Crippen LogP contribution >= 0.6 is 0 Å². The number of ether oxygens (including phenoxy) is 2. The Morgan fingerprint density at radius 1 is 0.595 bits per heavy atom. The number of benzene rings is 6. The van der Waals surface area contributed by atoms with Crippen LogP contribution in [-0.2, 0) is 40.0 Å². The maximum atomic E-state index is 12.3. The number of nitrogens with two attached hydrogens (primary N) is 1. The van der Waals surface area contributed by atoms with Crippen LogP contribution in [0.5, 0.6) is 28.9 Å². The molecule has 16 heteroatoms. The first-order valence-corrected chi connectivity index (χ1v) is 28.5. The van der Waals surface area contributed by atoms with Gasteiger partial charge in [0.2, 0.25) is 20.5 Å². The zero-order valence-corrected chi connectivity index (χ0v) is 46.2. The summed E-state index contributed by atoms with van der Waals surface area (Å²) in [6.45, 7) is 15.7. The lowest BCUT2D eigenvalue weighted by Gasteiger charge is -2.36. The van der Waals surface area contributed by atoms with E-state index in [-0.39, 0.29) is 46.9 Å². The minimum atomic E-state index is -1.84. The standard InChI is InChI=1S/C26H21N3O3.C19H32O4Si.C17H15N3O.CH4.H2O/c30-20-10-6-18(7-11-20)15-23-26(32)29-16-24(19-8-12-21(31)13-9-19)27-22(25(29)28-23)14-17-4-2-1-3-5-17;1-8-21-18(22-9-2)17(20)14-15-10-12-16(13-11-15)23-24(6,7)19(3,4)5;18-17-15(10-12-4-2-1-3-5-12)20-16(11-19-17)13-6-8-14(21)9-7-13;;/h1-13,16,30-32H,14-15H2;10-13,18H,8-9,14H2,1-7H3;1-9,11,21H,10H2,(H2,18,19);1H4;1H2. The molecule has 0 radical (unpaired) electrons. The van der Waals surface area contributed by atoms with Crippen molar-refractivity contribution in [3.05, 3.63) is 209 Å². The molecule has 0 saturated heterocycles. The Balaban J connectivity index is 0.000000221. The number of anilines is 1. The Kier molecular flexibility index (Phi) is 22.0. The average molecular weight is 1090 g/mol. The van der Waals surface area contributed by atoms with Gasteiger partial charge < -0.3 is 45.5 Å². The van der Waals surface area contributed by atoms with Crippen LogP contribution in [-0.4, -0.2) is 83.8 Å². The molecule has 8 N–H and O–H groups in total. The van der Waals surface area contributed by atoms with E-state index in [9.17, 15) is 25.2 Å². The van der Waals surface area contributed by atoms with Crippen LogP contribution in [0.15, 0.2) is 170 Å². The highest BCUT2D eigenvalue weighted by Gasteiger charge is 2.39. The van der Waals surface area contributed by atoms with Crippen LogP contribution in [0.4, 0.5) is 5.82 Å². The molecule has 0 aliphatic heterocycles. The van der Waals surface area contributed by atoms with Crippen molar-refractivity contribution in [3.63, 3.8) is 0 Å². The highest BCUT2D eigenvalue weighted by Crippen LogP contribution is 2.37. The van der Waals surface area contributed by atoms with Gasteiger partial charge in [-0.2, -0.15) is 0 Å². The molecule has 3 aromatic heterocycles. The van der Waals surface area contributed by atoms with Gasteiger partial charge in [-0.1, -0.05) is 113 Å². The van der Waals surface area contributed by atoms with E-state index in [0.717, 1.165) is 56.2 Å². The van der Waals surface area contributed by atoms with E-state index in [0.29, 0.717) is 61.7 Å². The summed E-state index contributed by atoms with van der Waals surface area (Å²) in [5.74, 6) is 1.92. The molecule has 0 aliphatic carbocycles. The number of aromatic hydroxyl groups is 4. The summed E-state index contributed by atoms with van der Waals surface area (Å²) in [5, 5.41) is 39.7.